The molecule has 2 bridgehead atoms. The molecule has 2 unspecified atom stereocenters. The van der Waals surface area contributed by atoms with Gasteiger partial charge in [-0.3, -0.25) is 9.59 Å². The van der Waals surface area contributed by atoms with Gasteiger partial charge in [0.25, 0.3) is 5.91 Å². The Kier molecular flexibility index (Phi) is 8.59. The van der Waals surface area contributed by atoms with Crippen molar-refractivity contribution in [3.05, 3.63) is 58.4 Å². The quantitative estimate of drug-likeness (QED) is 0.311. The Morgan fingerprint density at radius 3 is 2.17 bits per heavy atom. The van der Waals surface area contributed by atoms with E-state index in [2.05, 4.69) is 5.32 Å². The lowest BCUT2D eigenvalue weighted by Gasteiger charge is -2.43. The predicted molar refractivity (Wildman–Crippen MR) is 142 cm³/mol. The van der Waals surface area contributed by atoms with Gasteiger partial charge in [0.15, 0.2) is 27.3 Å². The zero-order valence-corrected chi connectivity index (χ0v) is 23.5. The minimum Gasteiger partial charge on any atom is -0.481 e. The molecule has 2 aromatic carbocycles. The standard InChI is InChI=1S/C28H31ClF3NO6S/c1-14(2)20(27(35)36)7-8-28(37)16-4-5-17(28)11-19(10-16)40(38,39)24-9-15(3-6-21(24)29)26(34)33-18-12-22(30)25(32)23(31)13-18/h3,6,9,12-14,16-17,19-20,37H,4-5,7-8,10-11H2,1-2H3,(H,33,34)(H,35,36)/t16?,17?,19?,20-,28?/m0/s1. The van der Waals surface area contributed by atoms with Crippen LogP contribution >= 0.6 is 11.6 Å². The van der Waals surface area contributed by atoms with Gasteiger partial charge in [-0.2, -0.15) is 0 Å². The summed E-state index contributed by atoms with van der Waals surface area (Å²) in [5.41, 5.74) is -1.65. The van der Waals surface area contributed by atoms with E-state index < -0.39 is 55.9 Å². The highest BCUT2D eigenvalue weighted by molar-refractivity contribution is 7.92. The van der Waals surface area contributed by atoms with E-state index in [4.69, 9.17) is 11.6 Å². The second kappa shape index (κ2) is 11.3. The topological polar surface area (TPSA) is 121 Å². The van der Waals surface area contributed by atoms with E-state index in [9.17, 15) is 41.4 Å². The molecule has 3 N–H and O–H groups in total. The van der Waals surface area contributed by atoms with Crippen LogP contribution < -0.4 is 5.32 Å². The zero-order valence-electron chi connectivity index (χ0n) is 22.0. The van der Waals surface area contributed by atoms with Crippen LogP contribution in [0.3, 0.4) is 0 Å². The SMILES string of the molecule is CC(C)[C@H](CCC1(O)C2CCC1CC(S(=O)(=O)c1cc(C(=O)Nc3cc(F)c(F)c(F)c3)ccc1Cl)C2)C(=O)O. The maximum Gasteiger partial charge on any atom is 0.306 e. The smallest absolute Gasteiger partial charge is 0.306 e. The Morgan fingerprint density at radius 2 is 1.65 bits per heavy atom. The lowest BCUT2D eigenvalue weighted by molar-refractivity contribution is -0.144. The van der Waals surface area contributed by atoms with Crippen molar-refractivity contribution >= 4 is 39.0 Å². The Labute approximate surface area is 235 Å². The van der Waals surface area contributed by atoms with Crippen LogP contribution in [0.2, 0.25) is 5.02 Å². The van der Waals surface area contributed by atoms with Crippen molar-refractivity contribution in [1.29, 1.82) is 0 Å². The number of anilines is 1. The summed E-state index contributed by atoms with van der Waals surface area (Å²) in [7, 11) is -4.06. The van der Waals surface area contributed by atoms with Crippen molar-refractivity contribution in [3.8, 4) is 0 Å². The first-order valence-electron chi connectivity index (χ1n) is 13.1. The molecule has 4 rings (SSSR count). The molecule has 12 heteroatoms. The Hall–Kier alpha value is -2.63. The summed E-state index contributed by atoms with van der Waals surface area (Å²) in [6.45, 7) is 3.63. The third kappa shape index (κ3) is 5.73. The number of aliphatic carboxylic acids is 1. The largest absolute Gasteiger partial charge is 0.481 e. The number of carbonyl (C=O) groups is 2. The van der Waals surface area contributed by atoms with Crippen LogP contribution in [-0.4, -0.2) is 41.4 Å². The van der Waals surface area contributed by atoms with Gasteiger partial charge in [-0.25, -0.2) is 21.6 Å². The van der Waals surface area contributed by atoms with Crippen LogP contribution in [0.5, 0.6) is 0 Å². The molecule has 2 saturated carbocycles. The van der Waals surface area contributed by atoms with E-state index >= 15 is 0 Å². The van der Waals surface area contributed by atoms with Crippen LogP contribution in [0.1, 0.15) is 62.7 Å². The Morgan fingerprint density at radius 1 is 1.07 bits per heavy atom. The van der Waals surface area contributed by atoms with Gasteiger partial charge < -0.3 is 15.5 Å². The van der Waals surface area contributed by atoms with Gasteiger partial charge in [-0.15, -0.1) is 0 Å². The van der Waals surface area contributed by atoms with Gasteiger partial charge >= 0.3 is 5.97 Å². The molecule has 0 aromatic heterocycles. The normalized spacial score (nSPS) is 25.1. The summed E-state index contributed by atoms with van der Waals surface area (Å²) >= 11 is 6.26. The van der Waals surface area contributed by atoms with Crippen molar-refractivity contribution in [2.45, 2.75) is 68.1 Å². The molecule has 3 atom stereocenters. The summed E-state index contributed by atoms with van der Waals surface area (Å²) in [4.78, 5) is 24.1. The van der Waals surface area contributed by atoms with Crippen LogP contribution in [0.4, 0.5) is 18.9 Å². The predicted octanol–water partition coefficient (Wildman–Crippen LogP) is 5.84. The third-order valence-electron chi connectivity index (χ3n) is 8.53. The number of benzene rings is 2. The first-order valence-corrected chi connectivity index (χ1v) is 15.0. The number of carboxylic acid groups (broad SMARTS) is 1. The van der Waals surface area contributed by atoms with Crippen LogP contribution in [0.15, 0.2) is 35.2 Å². The van der Waals surface area contributed by atoms with Gasteiger partial charge in [0, 0.05) is 23.4 Å². The number of hydrogen-bond donors (Lipinski definition) is 3. The second-order valence-electron chi connectivity index (χ2n) is 11.2. The highest BCUT2D eigenvalue weighted by Gasteiger charge is 2.55. The fourth-order valence-electron chi connectivity index (χ4n) is 6.27. The highest BCUT2D eigenvalue weighted by atomic mass is 35.5. The van der Waals surface area contributed by atoms with Crippen molar-refractivity contribution in [2.24, 2.45) is 23.7 Å². The molecule has 0 saturated heterocycles. The summed E-state index contributed by atoms with van der Waals surface area (Å²) < 4.78 is 67.8. The molecule has 2 aliphatic rings. The van der Waals surface area contributed by atoms with E-state index in [1.54, 1.807) is 0 Å². The van der Waals surface area contributed by atoms with Gasteiger partial charge in [-0.05, 0) is 74.5 Å². The van der Waals surface area contributed by atoms with E-state index in [-0.39, 0.29) is 58.2 Å². The van der Waals surface area contributed by atoms with Crippen molar-refractivity contribution < 1.29 is 41.4 Å². The third-order valence-corrected chi connectivity index (χ3v) is 11.2. The average molecular weight is 602 g/mol. The zero-order chi connectivity index (χ0) is 29.6. The molecule has 218 valence electrons. The summed E-state index contributed by atoms with van der Waals surface area (Å²) in [5, 5.41) is 22.3. The number of carboxylic acids is 1. The van der Waals surface area contributed by atoms with Crippen molar-refractivity contribution in [1.82, 2.24) is 0 Å². The molecule has 0 radical (unpaired) electrons. The number of rotatable bonds is 9. The lowest BCUT2D eigenvalue weighted by atomic mass is 9.70. The number of aliphatic hydroxyl groups is 1. The second-order valence-corrected chi connectivity index (χ2v) is 13.8. The number of carbonyl (C=O) groups excluding carboxylic acids is 1. The van der Waals surface area contributed by atoms with Gasteiger partial charge in [0.05, 0.1) is 26.7 Å². The summed E-state index contributed by atoms with van der Waals surface area (Å²) in [6.07, 6.45) is 2.12. The molecule has 2 fully saturated rings. The number of hydrogen-bond acceptors (Lipinski definition) is 5. The number of fused-ring (bicyclic) bond motifs is 2. The number of halogens is 4. The van der Waals surface area contributed by atoms with Gasteiger partial charge in [-0.1, -0.05) is 25.4 Å². The molecule has 7 nitrogen and oxygen atoms in total. The first-order chi connectivity index (χ1) is 18.6. The molecular weight excluding hydrogens is 571 g/mol. The van der Waals surface area contributed by atoms with E-state index in [0.717, 1.165) is 6.07 Å². The van der Waals surface area contributed by atoms with Gasteiger partial charge in [0.2, 0.25) is 0 Å². The van der Waals surface area contributed by atoms with Gasteiger partial charge in [0.1, 0.15) is 0 Å². The maximum absolute atomic E-state index is 13.7. The minimum atomic E-state index is -4.06. The molecule has 0 heterocycles. The number of amides is 1. The van der Waals surface area contributed by atoms with Crippen LogP contribution in [0.25, 0.3) is 0 Å². The van der Waals surface area contributed by atoms with E-state index in [0.29, 0.717) is 31.4 Å². The highest BCUT2D eigenvalue weighted by Crippen LogP contribution is 2.54. The number of nitrogens with one attached hydrogen (secondary N) is 1. The molecule has 40 heavy (non-hydrogen) atoms. The summed E-state index contributed by atoms with van der Waals surface area (Å²) in [5.74, 6) is -7.86. The molecule has 0 spiro atoms. The summed E-state index contributed by atoms with van der Waals surface area (Å²) in [6, 6.07) is 4.78. The molecule has 0 aliphatic heterocycles. The van der Waals surface area contributed by atoms with Crippen LogP contribution in [0, 0.1) is 41.1 Å². The molecular formula is C28H31ClF3NO6S. The van der Waals surface area contributed by atoms with Crippen molar-refractivity contribution in [2.75, 3.05) is 5.32 Å². The lowest BCUT2D eigenvalue weighted by Crippen LogP contribution is -2.48. The molecule has 2 aromatic rings. The Bertz CT molecular complexity index is 1400. The number of sulfone groups is 1. The average Bonchev–Trinajstić information content (AvgIpc) is 3.03. The maximum atomic E-state index is 13.7. The van der Waals surface area contributed by atoms with E-state index in [1.165, 1.54) is 12.1 Å². The molecule has 2 aliphatic carbocycles. The molecule has 1 amide bonds. The van der Waals surface area contributed by atoms with Crippen molar-refractivity contribution in [3.63, 3.8) is 0 Å². The van der Waals surface area contributed by atoms with E-state index in [1.807, 2.05) is 13.8 Å². The first kappa shape index (κ1) is 30.3. The fourth-order valence-corrected chi connectivity index (χ4v) is 8.68. The Balaban J connectivity index is 1.53. The monoisotopic (exact) mass is 601 g/mol. The fraction of sp³-hybridized carbons (Fsp3) is 0.500. The minimum absolute atomic E-state index is 0.107. The van der Waals surface area contributed by atoms with Crippen LogP contribution in [-0.2, 0) is 14.6 Å².